The van der Waals surface area contributed by atoms with Crippen molar-refractivity contribution in [3.05, 3.63) is 0 Å². The van der Waals surface area contributed by atoms with E-state index in [4.69, 9.17) is 0 Å². The Labute approximate surface area is 121 Å². The Hall–Kier alpha value is 0.799. The SMILES string of the molecule is [Sn+3][CH2]CCC(C1CCCCC1)C1CCCCC1. The minimum absolute atomic E-state index is 1.12. The van der Waals surface area contributed by atoms with Gasteiger partial charge >= 0.3 is 122 Å². The predicted molar refractivity (Wildman–Crippen MR) is 76.4 cm³/mol. The van der Waals surface area contributed by atoms with Crippen LogP contribution in [0.1, 0.15) is 77.0 Å². The van der Waals surface area contributed by atoms with E-state index >= 15 is 0 Å². The minimum atomic E-state index is 1.12. The van der Waals surface area contributed by atoms with E-state index in [1.54, 1.807) is 54.6 Å². The van der Waals surface area contributed by atoms with Gasteiger partial charge in [-0.2, -0.15) is 0 Å². The molecule has 0 amide bonds. The topological polar surface area (TPSA) is 0 Å². The molecule has 0 bridgehead atoms. The Morgan fingerprint density at radius 2 is 1.24 bits per heavy atom. The van der Waals surface area contributed by atoms with Crippen LogP contribution in [0, 0.1) is 17.8 Å². The van der Waals surface area contributed by atoms with Crippen molar-refractivity contribution in [2.45, 2.75) is 81.5 Å². The van der Waals surface area contributed by atoms with Gasteiger partial charge in [0.1, 0.15) is 0 Å². The van der Waals surface area contributed by atoms with Crippen molar-refractivity contribution < 1.29 is 0 Å². The second-order valence-electron chi connectivity index (χ2n) is 6.35. The summed E-state index contributed by atoms with van der Waals surface area (Å²) in [6.07, 6.45) is 18.5. The van der Waals surface area contributed by atoms with E-state index in [0.29, 0.717) is 0 Å². The Morgan fingerprint density at radius 3 is 1.65 bits per heavy atom. The molecule has 94 valence electrons. The molecule has 1 heteroatoms. The average Bonchev–Trinajstić information content (AvgIpc) is 2.42. The summed E-state index contributed by atoms with van der Waals surface area (Å²) >= 11 is 1.75. The summed E-state index contributed by atoms with van der Waals surface area (Å²) in [5.74, 6) is 3.36. The van der Waals surface area contributed by atoms with Crippen LogP contribution >= 0.6 is 0 Å². The summed E-state index contributed by atoms with van der Waals surface area (Å²) in [6.45, 7) is 0. The van der Waals surface area contributed by atoms with Crippen molar-refractivity contribution in [2.75, 3.05) is 0 Å². The van der Waals surface area contributed by atoms with Crippen LogP contribution in [0.4, 0.5) is 0 Å². The van der Waals surface area contributed by atoms with Crippen molar-refractivity contribution in [2.24, 2.45) is 17.8 Å². The number of hydrogen-bond donors (Lipinski definition) is 0. The summed E-state index contributed by atoms with van der Waals surface area (Å²) in [4.78, 5) is 0. The quantitative estimate of drug-likeness (QED) is 0.609. The standard InChI is InChI=1S/C16H29.Sn/c1-2-9-16(14-10-5-3-6-11-14)15-12-7-4-8-13-15;/h14-16H,1-13H2;/q;+3. The maximum absolute atomic E-state index is 1.75. The molecule has 0 unspecified atom stereocenters. The van der Waals surface area contributed by atoms with Gasteiger partial charge in [0.2, 0.25) is 0 Å². The number of hydrogen-bond acceptors (Lipinski definition) is 0. The maximum atomic E-state index is 1.75. The molecule has 2 rings (SSSR count). The Bertz CT molecular complexity index is 172. The van der Waals surface area contributed by atoms with Gasteiger partial charge in [0, 0.05) is 0 Å². The third-order valence-electron chi connectivity index (χ3n) is 5.22. The molecule has 0 heterocycles. The van der Waals surface area contributed by atoms with Gasteiger partial charge in [-0.25, -0.2) is 0 Å². The van der Waals surface area contributed by atoms with Crippen molar-refractivity contribution >= 4 is 22.5 Å². The first kappa shape index (κ1) is 14.2. The van der Waals surface area contributed by atoms with Gasteiger partial charge in [-0.05, 0) is 0 Å². The van der Waals surface area contributed by atoms with Crippen LogP contribution in [-0.2, 0) is 0 Å². The van der Waals surface area contributed by atoms with E-state index in [2.05, 4.69) is 0 Å². The molecule has 0 N–H and O–H groups in total. The zero-order valence-electron chi connectivity index (χ0n) is 11.4. The first-order chi connectivity index (χ1) is 8.42. The summed E-state index contributed by atoms with van der Waals surface area (Å²) in [5.41, 5.74) is 0. The fraction of sp³-hybridized carbons (Fsp3) is 1.00. The van der Waals surface area contributed by atoms with Crippen molar-refractivity contribution in [1.82, 2.24) is 0 Å². The van der Waals surface area contributed by atoms with E-state index in [-0.39, 0.29) is 0 Å². The van der Waals surface area contributed by atoms with Crippen LogP contribution in [0.3, 0.4) is 0 Å². The van der Waals surface area contributed by atoms with Gasteiger partial charge in [-0.3, -0.25) is 0 Å². The first-order valence-electron chi connectivity index (χ1n) is 8.06. The Morgan fingerprint density at radius 1 is 0.765 bits per heavy atom. The fourth-order valence-electron chi connectivity index (χ4n) is 4.32. The van der Waals surface area contributed by atoms with Gasteiger partial charge in [0.25, 0.3) is 0 Å². The molecular formula is C16H29Sn+3. The van der Waals surface area contributed by atoms with E-state index in [0.717, 1.165) is 17.8 Å². The van der Waals surface area contributed by atoms with Crippen molar-refractivity contribution in [3.63, 3.8) is 0 Å². The Kier molecular flexibility index (Phi) is 6.74. The van der Waals surface area contributed by atoms with E-state index in [9.17, 15) is 0 Å². The molecule has 0 aliphatic heterocycles. The van der Waals surface area contributed by atoms with Gasteiger partial charge in [-0.15, -0.1) is 0 Å². The summed E-state index contributed by atoms with van der Waals surface area (Å²) in [7, 11) is 0. The molecule has 0 atom stereocenters. The number of rotatable bonds is 5. The molecule has 0 saturated heterocycles. The van der Waals surface area contributed by atoms with Crippen LogP contribution in [0.25, 0.3) is 0 Å². The van der Waals surface area contributed by atoms with E-state index in [1.165, 1.54) is 49.4 Å². The third-order valence-corrected chi connectivity index (χ3v) is 6.23. The zero-order valence-corrected chi connectivity index (χ0v) is 14.3. The van der Waals surface area contributed by atoms with Crippen molar-refractivity contribution in [3.8, 4) is 0 Å². The van der Waals surface area contributed by atoms with Crippen LogP contribution in [0.2, 0.25) is 4.44 Å². The fourth-order valence-corrected chi connectivity index (χ4v) is 4.90. The molecule has 17 heavy (non-hydrogen) atoms. The van der Waals surface area contributed by atoms with Crippen LogP contribution in [0.5, 0.6) is 0 Å². The molecule has 2 saturated carbocycles. The summed E-state index contributed by atoms with van der Waals surface area (Å²) in [6, 6.07) is 0. The van der Waals surface area contributed by atoms with Crippen LogP contribution in [0.15, 0.2) is 0 Å². The molecule has 2 aliphatic carbocycles. The normalized spacial score (nSPS) is 24.4. The summed E-state index contributed by atoms with van der Waals surface area (Å²) < 4.78 is 1.49. The molecule has 0 aromatic heterocycles. The van der Waals surface area contributed by atoms with Gasteiger partial charge in [0.05, 0.1) is 0 Å². The second kappa shape index (κ2) is 8.07. The zero-order chi connectivity index (χ0) is 11.9. The molecule has 0 aromatic rings. The van der Waals surface area contributed by atoms with E-state index in [1.807, 2.05) is 0 Å². The Balaban J connectivity index is 1.90. The predicted octanol–water partition coefficient (Wildman–Crippen LogP) is 5.13. The van der Waals surface area contributed by atoms with Crippen LogP contribution < -0.4 is 0 Å². The monoisotopic (exact) mass is 341 g/mol. The summed E-state index contributed by atoms with van der Waals surface area (Å²) in [5, 5.41) is 0. The molecule has 0 radical (unpaired) electrons. The van der Waals surface area contributed by atoms with Gasteiger partial charge < -0.3 is 0 Å². The first-order valence-corrected chi connectivity index (χ1v) is 10.1. The molecule has 2 aliphatic rings. The molecule has 0 spiro atoms. The second-order valence-corrected chi connectivity index (χ2v) is 7.78. The van der Waals surface area contributed by atoms with Gasteiger partial charge in [-0.1, -0.05) is 0 Å². The molecule has 2 fully saturated rings. The third kappa shape index (κ3) is 4.44. The molecular weight excluding hydrogens is 311 g/mol. The molecule has 0 nitrogen and oxygen atoms in total. The van der Waals surface area contributed by atoms with E-state index < -0.39 is 0 Å². The van der Waals surface area contributed by atoms with Crippen LogP contribution in [-0.4, -0.2) is 22.5 Å². The molecule has 0 aromatic carbocycles. The van der Waals surface area contributed by atoms with Gasteiger partial charge in [0.15, 0.2) is 0 Å². The average molecular weight is 340 g/mol. The van der Waals surface area contributed by atoms with Crippen molar-refractivity contribution in [1.29, 1.82) is 0 Å².